The topological polar surface area (TPSA) is 112 Å². The molecule has 27 heavy (non-hydrogen) atoms. The summed E-state index contributed by atoms with van der Waals surface area (Å²) >= 11 is 1.22. The molecule has 0 aliphatic rings. The Balaban J connectivity index is 1.80. The van der Waals surface area contributed by atoms with Crippen LogP contribution in [0.4, 0.5) is 5.69 Å². The van der Waals surface area contributed by atoms with Gasteiger partial charge in [-0.05, 0) is 35.9 Å². The molecule has 1 N–H and O–H groups in total. The molecule has 0 radical (unpaired) electrons. The van der Waals surface area contributed by atoms with E-state index in [0.717, 1.165) is 5.56 Å². The van der Waals surface area contributed by atoms with Gasteiger partial charge in [-0.25, -0.2) is 9.78 Å². The van der Waals surface area contributed by atoms with E-state index < -0.39 is 10.9 Å². The van der Waals surface area contributed by atoms with Gasteiger partial charge in [-0.15, -0.1) is 11.3 Å². The van der Waals surface area contributed by atoms with Gasteiger partial charge in [-0.2, -0.15) is 0 Å². The van der Waals surface area contributed by atoms with Crippen LogP contribution < -0.4 is 9.47 Å². The fraction of sp³-hybridized carbons (Fsp3) is 0.111. The maximum atomic E-state index is 11.0. The summed E-state index contributed by atoms with van der Waals surface area (Å²) in [5.74, 6) is -0.114. The predicted octanol–water partition coefficient (Wildman–Crippen LogP) is 4.00. The SMILES string of the molecule is COc1ccc(-c2nc(C(=O)O)cs2)cc1OCc1ccc([N+](=O)[O-])cc1. The van der Waals surface area contributed by atoms with E-state index in [2.05, 4.69) is 4.98 Å². The fourth-order valence-electron chi connectivity index (χ4n) is 2.30. The zero-order valence-corrected chi connectivity index (χ0v) is 14.9. The Kier molecular flexibility index (Phi) is 5.32. The second-order valence-corrected chi connectivity index (χ2v) is 6.28. The van der Waals surface area contributed by atoms with Crippen LogP contribution in [0.25, 0.3) is 10.6 Å². The van der Waals surface area contributed by atoms with Gasteiger partial charge >= 0.3 is 5.97 Å². The number of aromatic carboxylic acids is 1. The van der Waals surface area contributed by atoms with Crippen molar-refractivity contribution >= 4 is 23.0 Å². The third-order valence-corrected chi connectivity index (χ3v) is 4.57. The van der Waals surface area contributed by atoms with Gasteiger partial charge in [-0.3, -0.25) is 10.1 Å². The lowest BCUT2D eigenvalue weighted by Gasteiger charge is -2.12. The zero-order valence-electron chi connectivity index (χ0n) is 14.1. The molecule has 0 fully saturated rings. The number of methoxy groups -OCH3 is 1. The van der Waals surface area contributed by atoms with Gasteiger partial charge in [0.1, 0.15) is 11.6 Å². The second kappa shape index (κ2) is 7.83. The molecule has 8 nitrogen and oxygen atoms in total. The average molecular weight is 386 g/mol. The Morgan fingerprint density at radius 3 is 2.56 bits per heavy atom. The second-order valence-electron chi connectivity index (χ2n) is 5.42. The number of carboxylic acids is 1. The molecule has 9 heteroatoms. The van der Waals surface area contributed by atoms with Crippen molar-refractivity contribution in [3.63, 3.8) is 0 Å². The van der Waals surface area contributed by atoms with E-state index in [1.807, 2.05) is 0 Å². The van der Waals surface area contributed by atoms with Crippen LogP contribution in [0.15, 0.2) is 47.8 Å². The van der Waals surface area contributed by atoms with Crippen molar-refractivity contribution in [2.24, 2.45) is 0 Å². The van der Waals surface area contributed by atoms with E-state index in [1.165, 1.54) is 36.0 Å². The summed E-state index contributed by atoms with van der Waals surface area (Å²) in [6.07, 6.45) is 0. The number of benzene rings is 2. The normalized spacial score (nSPS) is 10.4. The Hall–Kier alpha value is -3.46. The summed E-state index contributed by atoms with van der Waals surface area (Å²) in [5.41, 5.74) is 1.46. The molecule has 0 unspecified atom stereocenters. The molecule has 0 amide bonds. The van der Waals surface area contributed by atoms with Crippen LogP contribution in [-0.2, 0) is 6.61 Å². The van der Waals surface area contributed by atoms with E-state index >= 15 is 0 Å². The molecule has 3 rings (SSSR count). The van der Waals surface area contributed by atoms with Crippen molar-refractivity contribution in [2.75, 3.05) is 7.11 Å². The van der Waals surface area contributed by atoms with Crippen molar-refractivity contribution < 1.29 is 24.3 Å². The largest absolute Gasteiger partial charge is 0.493 e. The van der Waals surface area contributed by atoms with Gasteiger partial charge in [0, 0.05) is 23.1 Å². The first kappa shape index (κ1) is 18.3. The molecule has 0 bridgehead atoms. The standard InChI is InChI=1S/C18H14N2O6S/c1-25-15-7-4-12(17-19-14(10-27-17)18(21)22)8-16(15)26-9-11-2-5-13(6-3-11)20(23)24/h2-8,10H,9H2,1H3,(H,21,22). The number of nitrogens with zero attached hydrogens (tertiary/aromatic N) is 2. The third-order valence-electron chi connectivity index (χ3n) is 3.68. The number of nitro benzene ring substituents is 1. The molecule has 0 saturated heterocycles. The van der Waals surface area contributed by atoms with E-state index in [0.29, 0.717) is 22.1 Å². The highest BCUT2D eigenvalue weighted by molar-refractivity contribution is 7.13. The zero-order chi connectivity index (χ0) is 19.4. The summed E-state index contributed by atoms with van der Waals surface area (Å²) in [4.78, 5) is 25.3. The van der Waals surface area contributed by atoms with Crippen molar-refractivity contribution in [3.05, 3.63) is 69.2 Å². The van der Waals surface area contributed by atoms with Crippen LogP contribution >= 0.6 is 11.3 Å². The number of rotatable bonds is 7. The Morgan fingerprint density at radius 1 is 1.22 bits per heavy atom. The molecule has 0 aliphatic heterocycles. The number of nitro groups is 1. The van der Waals surface area contributed by atoms with Gasteiger partial charge in [0.05, 0.1) is 12.0 Å². The van der Waals surface area contributed by atoms with E-state index in [1.54, 1.807) is 30.3 Å². The minimum atomic E-state index is -1.08. The minimum Gasteiger partial charge on any atom is -0.493 e. The highest BCUT2D eigenvalue weighted by Gasteiger charge is 2.13. The maximum Gasteiger partial charge on any atom is 0.355 e. The lowest BCUT2D eigenvalue weighted by atomic mass is 10.2. The summed E-state index contributed by atoms with van der Waals surface area (Å²) in [6, 6.07) is 11.3. The smallest absolute Gasteiger partial charge is 0.355 e. The number of carboxylic acid groups (broad SMARTS) is 1. The first-order valence-electron chi connectivity index (χ1n) is 7.71. The van der Waals surface area contributed by atoms with E-state index in [9.17, 15) is 14.9 Å². The summed E-state index contributed by atoms with van der Waals surface area (Å²) in [6.45, 7) is 0.191. The lowest BCUT2D eigenvalue weighted by molar-refractivity contribution is -0.384. The number of thiazole rings is 1. The number of hydrogen-bond donors (Lipinski definition) is 1. The van der Waals surface area contributed by atoms with Gasteiger partial charge in [0.15, 0.2) is 17.2 Å². The fourth-order valence-corrected chi connectivity index (χ4v) is 3.09. The third kappa shape index (κ3) is 4.21. The molecular weight excluding hydrogens is 372 g/mol. The van der Waals surface area contributed by atoms with Gasteiger partial charge < -0.3 is 14.6 Å². The highest BCUT2D eigenvalue weighted by atomic mass is 32.1. The average Bonchev–Trinajstić information content (AvgIpc) is 3.17. The monoisotopic (exact) mass is 386 g/mol. The van der Waals surface area contributed by atoms with E-state index in [4.69, 9.17) is 14.6 Å². The summed E-state index contributed by atoms with van der Waals surface area (Å²) in [7, 11) is 1.51. The van der Waals surface area contributed by atoms with Crippen molar-refractivity contribution in [3.8, 4) is 22.1 Å². The number of ether oxygens (including phenoxy) is 2. The number of carbonyl (C=O) groups is 1. The Labute approximate surface area is 157 Å². The molecule has 1 heterocycles. The van der Waals surface area contributed by atoms with E-state index in [-0.39, 0.29) is 18.0 Å². The predicted molar refractivity (Wildman–Crippen MR) is 98.5 cm³/mol. The quantitative estimate of drug-likeness (QED) is 0.482. The van der Waals surface area contributed by atoms with Crippen LogP contribution in [0.3, 0.4) is 0 Å². The number of hydrogen-bond acceptors (Lipinski definition) is 7. The first-order valence-corrected chi connectivity index (χ1v) is 8.59. The van der Waals surface area contributed by atoms with Gasteiger partial charge in [0.2, 0.25) is 0 Å². The van der Waals surface area contributed by atoms with Crippen LogP contribution in [0.2, 0.25) is 0 Å². The van der Waals surface area contributed by atoms with Crippen LogP contribution in [0, 0.1) is 10.1 Å². The maximum absolute atomic E-state index is 11.0. The summed E-state index contributed by atoms with van der Waals surface area (Å²) < 4.78 is 11.1. The van der Waals surface area contributed by atoms with Crippen molar-refractivity contribution in [1.29, 1.82) is 0 Å². The highest BCUT2D eigenvalue weighted by Crippen LogP contribution is 2.34. The molecule has 1 aromatic heterocycles. The Morgan fingerprint density at radius 2 is 1.96 bits per heavy atom. The molecule has 0 aliphatic carbocycles. The molecule has 0 saturated carbocycles. The molecule has 2 aromatic carbocycles. The summed E-state index contributed by atoms with van der Waals surface area (Å²) in [5, 5.41) is 21.7. The molecular formula is C18H14N2O6S. The van der Waals surface area contributed by atoms with Crippen LogP contribution in [-0.4, -0.2) is 28.1 Å². The minimum absolute atomic E-state index is 0.0105. The van der Waals surface area contributed by atoms with Gasteiger partial charge in [-0.1, -0.05) is 0 Å². The van der Waals surface area contributed by atoms with Crippen molar-refractivity contribution in [1.82, 2.24) is 4.98 Å². The first-order chi connectivity index (χ1) is 13.0. The molecule has 0 atom stereocenters. The number of non-ortho nitro benzene ring substituents is 1. The lowest BCUT2D eigenvalue weighted by Crippen LogP contribution is -1.99. The van der Waals surface area contributed by atoms with Gasteiger partial charge in [0.25, 0.3) is 5.69 Å². The molecule has 3 aromatic rings. The van der Waals surface area contributed by atoms with Crippen molar-refractivity contribution in [2.45, 2.75) is 6.61 Å². The molecule has 138 valence electrons. The van der Waals surface area contributed by atoms with Crippen LogP contribution in [0.1, 0.15) is 16.1 Å². The molecule has 0 spiro atoms. The van der Waals surface area contributed by atoms with Crippen LogP contribution in [0.5, 0.6) is 11.5 Å². The number of aromatic nitrogens is 1. The Bertz CT molecular complexity index is 984.